The molecule has 2 fully saturated rings. The number of piperazine rings is 1. The number of hydrogen-bond donors (Lipinski definition) is 0. The molecule has 3 aliphatic heterocycles. The Morgan fingerprint density at radius 1 is 0.875 bits per heavy atom. The topological polar surface area (TPSA) is 45.3 Å². The number of ether oxygens (including phenoxy) is 2. The van der Waals surface area contributed by atoms with Crippen LogP contribution in [0.3, 0.4) is 0 Å². The zero-order valence-corrected chi connectivity index (χ0v) is 19.0. The number of hydrogen-bond acceptors (Lipinski definition) is 5. The minimum atomic E-state index is 0.144. The van der Waals surface area contributed by atoms with Gasteiger partial charge in [-0.25, -0.2) is 0 Å². The van der Waals surface area contributed by atoms with E-state index in [-0.39, 0.29) is 5.91 Å². The minimum absolute atomic E-state index is 0.144. The molecule has 2 aromatic rings. The molecule has 3 aliphatic rings. The maximum absolute atomic E-state index is 13.0. The summed E-state index contributed by atoms with van der Waals surface area (Å²) in [5.74, 6) is 2.58. The third-order valence-electron chi connectivity index (χ3n) is 6.85. The van der Waals surface area contributed by atoms with Crippen LogP contribution in [0.5, 0.6) is 11.5 Å². The van der Waals surface area contributed by atoms with Crippen LogP contribution >= 0.6 is 0 Å². The van der Waals surface area contributed by atoms with E-state index in [9.17, 15) is 4.79 Å². The van der Waals surface area contributed by atoms with E-state index in [2.05, 4.69) is 41.0 Å². The van der Waals surface area contributed by atoms with Gasteiger partial charge in [-0.1, -0.05) is 25.1 Å². The lowest BCUT2D eigenvalue weighted by molar-refractivity contribution is 0.0628. The summed E-state index contributed by atoms with van der Waals surface area (Å²) >= 11 is 0. The SMILES string of the molecule is CC1CCCN(Cc2ccc(C(=O)N3CCN(Cc4ccc5c(c4)OCO5)CC3)cc2)C1. The van der Waals surface area contributed by atoms with E-state index < -0.39 is 0 Å². The molecule has 0 bridgehead atoms. The highest BCUT2D eigenvalue weighted by Crippen LogP contribution is 2.32. The van der Waals surface area contributed by atoms with Crippen molar-refractivity contribution in [2.75, 3.05) is 46.1 Å². The van der Waals surface area contributed by atoms with Crippen molar-refractivity contribution in [3.63, 3.8) is 0 Å². The van der Waals surface area contributed by atoms with Crippen molar-refractivity contribution in [3.8, 4) is 11.5 Å². The Kier molecular flexibility index (Phi) is 6.32. The van der Waals surface area contributed by atoms with Crippen molar-refractivity contribution < 1.29 is 14.3 Å². The fourth-order valence-electron chi connectivity index (χ4n) is 5.03. The van der Waals surface area contributed by atoms with Crippen LogP contribution in [0, 0.1) is 5.92 Å². The van der Waals surface area contributed by atoms with Crippen molar-refractivity contribution in [1.82, 2.24) is 14.7 Å². The maximum atomic E-state index is 13.0. The highest BCUT2D eigenvalue weighted by Gasteiger charge is 2.23. The van der Waals surface area contributed by atoms with Crippen molar-refractivity contribution >= 4 is 5.91 Å². The second kappa shape index (κ2) is 9.51. The highest BCUT2D eigenvalue weighted by atomic mass is 16.7. The third kappa shape index (κ3) is 4.92. The number of fused-ring (bicyclic) bond motifs is 1. The molecular formula is C26H33N3O3. The molecule has 0 aliphatic carbocycles. The van der Waals surface area contributed by atoms with Crippen LogP contribution in [0.4, 0.5) is 0 Å². The Morgan fingerprint density at radius 2 is 1.59 bits per heavy atom. The van der Waals surface area contributed by atoms with Gasteiger partial charge in [0.15, 0.2) is 11.5 Å². The molecule has 5 rings (SSSR count). The van der Waals surface area contributed by atoms with Crippen LogP contribution < -0.4 is 9.47 Å². The van der Waals surface area contributed by atoms with Gasteiger partial charge < -0.3 is 14.4 Å². The average molecular weight is 436 g/mol. The summed E-state index contributed by atoms with van der Waals surface area (Å²) in [6.45, 7) is 10.1. The number of carbonyl (C=O) groups is 1. The molecule has 0 radical (unpaired) electrons. The molecule has 0 spiro atoms. The first kappa shape index (κ1) is 21.3. The van der Waals surface area contributed by atoms with Gasteiger partial charge in [-0.2, -0.15) is 0 Å². The second-order valence-electron chi connectivity index (χ2n) is 9.44. The van der Waals surface area contributed by atoms with E-state index in [0.717, 1.165) is 62.2 Å². The molecule has 3 heterocycles. The monoisotopic (exact) mass is 435 g/mol. The Hall–Kier alpha value is -2.57. The van der Waals surface area contributed by atoms with Crippen LogP contribution in [0.2, 0.25) is 0 Å². The third-order valence-corrected chi connectivity index (χ3v) is 6.85. The molecule has 0 N–H and O–H groups in total. The number of piperidine rings is 1. The lowest BCUT2D eigenvalue weighted by Crippen LogP contribution is -2.48. The van der Waals surface area contributed by atoms with Crippen LogP contribution in [-0.2, 0) is 13.1 Å². The number of amides is 1. The van der Waals surface area contributed by atoms with Crippen molar-refractivity contribution in [2.24, 2.45) is 5.92 Å². The number of nitrogens with zero attached hydrogens (tertiary/aromatic N) is 3. The van der Waals surface area contributed by atoms with E-state index in [1.165, 1.54) is 37.1 Å². The highest BCUT2D eigenvalue weighted by molar-refractivity contribution is 5.94. The lowest BCUT2D eigenvalue weighted by Gasteiger charge is -2.35. The molecule has 6 heteroatoms. The largest absolute Gasteiger partial charge is 0.454 e. The average Bonchev–Trinajstić information content (AvgIpc) is 3.28. The first-order valence-electron chi connectivity index (χ1n) is 11.9. The van der Waals surface area contributed by atoms with Gasteiger partial charge in [0.2, 0.25) is 6.79 Å². The van der Waals surface area contributed by atoms with Crippen LogP contribution in [0.25, 0.3) is 0 Å². The number of benzene rings is 2. The molecule has 1 amide bonds. The minimum Gasteiger partial charge on any atom is -0.454 e. The smallest absolute Gasteiger partial charge is 0.253 e. The van der Waals surface area contributed by atoms with Gasteiger partial charge in [-0.05, 0) is 60.7 Å². The summed E-state index contributed by atoms with van der Waals surface area (Å²) in [6.07, 6.45) is 2.63. The fraction of sp³-hybridized carbons (Fsp3) is 0.500. The Labute approximate surface area is 190 Å². The molecule has 1 unspecified atom stereocenters. The Morgan fingerprint density at radius 3 is 2.38 bits per heavy atom. The molecular weight excluding hydrogens is 402 g/mol. The zero-order valence-electron chi connectivity index (χ0n) is 19.0. The number of rotatable bonds is 5. The normalized spacial score (nSPS) is 21.7. The first-order valence-corrected chi connectivity index (χ1v) is 11.9. The number of likely N-dealkylation sites (tertiary alicyclic amines) is 1. The van der Waals surface area contributed by atoms with E-state index >= 15 is 0 Å². The zero-order chi connectivity index (χ0) is 21.9. The van der Waals surface area contributed by atoms with Crippen molar-refractivity contribution in [2.45, 2.75) is 32.9 Å². The van der Waals surface area contributed by atoms with Gasteiger partial charge in [0.1, 0.15) is 0 Å². The molecule has 2 aromatic carbocycles. The first-order chi connectivity index (χ1) is 15.6. The molecule has 0 aromatic heterocycles. The van der Waals surface area contributed by atoms with Gasteiger partial charge in [0.05, 0.1) is 0 Å². The Balaban J connectivity index is 1.11. The van der Waals surface area contributed by atoms with E-state index in [1.54, 1.807) is 0 Å². The van der Waals surface area contributed by atoms with Gasteiger partial charge in [-0.15, -0.1) is 0 Å². The summed E-state index contributed by atoms with van der Waals surface area (Å²) in [5, 5.41) is 0. The summed E-state index contributed by atoms with van der Waals surface area (Å²) < 4.78 is 10.9. The summed E-state index contributed by atoms with van der Waals surface area (Å²) in [6, 6.07) is 14.4. The molecule has 170 valence electrons. The van der Waals surface area contributed by atoms with Crippen molar-refractivity contribution in [1.29, 1.82) is 0 Å². The maximum Gasteiger partial charge on any atom is 0.253 e. The molecule has 2 saturated heterocycles. The van der Waals surface area contributed by atoms with E-state index in [4.69, 9.17) is 9.47 Å². The van der Waals surface area contributed by atoms with Gasteiger partial charge in [-0.3, -0.25) is 14.6 Å². The van der Waals surface area contributed by atoms with Crippen LogP contribution in [0.1, 0.15) is 41.3 Å². The predicted octanol–water partition coefficient (Wildman–Crippen LogP) is 3.61. The molecule has 6 nitrogen and oxygen atoms in total. The quantitative estimate of drug-likeness (QED) is 0.718. The summed E-state index contributed by atoms with van der Waals surface area (Å²) in [7, 11) is 0. The van der Waals surface area contributed by atoms with Gasteiger partial charge in [0, 0.05) is 51.4 Å². The Bertz CT molecular complexity index is 938. The standard InChI is InChI=1S/C26H33N3O3/c1-20-3-2-10-28(16-20)17-21-4-7-23(8-5-21)26(30)29-13-11-27(12-14-29)18-22-6-9-24-25(15-22)32-19-31-24/h4-9,15,20H,2-3,10-14,16-19H2,1H3. The lowest BCUT2D eigenvalue weighted by atomic mass is 9.99. The molecule has 32 heavy (non-hydrogen) atoms. The van der Waals surface area contributed by atoms with Crippen molar-refractivity contribution in [3.05, 3.63) is 59.2 Å². The summed E-state index contributed by atoms with van der Waals surface area (Å²) in [4.78, 5) is 19.9. The van der Waals surface area contributed by atoms with Crippen LogP contribution in [0.15, 0.2) is 42.5 Å². The van der Waals surface area contributed by atoms with Gasteiger partial charge in [0.25, 0.3) is 5.91 Å². The second-order valence-corrected chi connectivity index (χ2v) is 9.44. The van der Waals surface area contributed by atoms with E-state index in [1.807, 2.05) is 23.1 Å². The molecule has 1 atom stereocenters. The predicted molar refractivity (Wildman–Crippen MR) is 124 cm³/mol. The van der Waals surface area contributed by atoms with Crippen LogP contribution in [-0.4, -0.2) is 66.7 Å². The number of carbonyl (C=O) groups excluding carboxylic acids is 1. The van der Waals surface area contributed by atoms with Gasteiger partial charge >= 0.3 is 0 Å². The fourth-order valence-corrected chi connectivity index (χ4v) is 5.03. The van der Waals surface area contributed by atoms with E-state index in [0.29, 0.717) is 6.79 Å². The molecule has 0 saturated carbocycles. The summed E-state index contributed by atoms with van der Waals surface area (Å²) in [5.41, 5.74) is 3.31.